The van der Waals surface area contributed by atoms with Gasteiger partial charge < -0.3 is 20.5 Å². The number of fused-ring (bicyclic) bond motifs is 1. The van der Waals surface area contributed by atoms with Gasteiger partial charge in [-0.05, 0) is 42.8 Å². The molecule has 0 saturated carbocycles. The number of carbonyl (C=O) groups excluding carboxylic acids is 1. The molecule has 2 aromatic carbocycles. The number of halogens is 2. The van der Waals surface area contributed by atoms with Crippen molar-refractivity contribution in [3.05, 3.63) is 80.8 Å². The third kappa shape index (κ3) is 4.21. The topological polar surface area (TPSA) is 126 Å². The number of H-pyrrole nitrogens is 1. The van der Waals surface area contributed by atoms with Crippen LogP contribution < -0.4 is 20.5 Å². The number of aromatic amines is 1. The summed E-state index contributed by atoms with van der Waals surface area (Å²) in [6.45, 7) is 1.64. The summed E-state index contributed by atoms with van der Waals surface area (Å²) in [6, 6.07) is 14.0. The van der Waals surface area contributed by atoms with Gasteiger partial charge in [0, 0.05) is 16.3 Å². The third-order valence-corrected chi connectivity index (χ3v) is 5.47. The van der Waals surface area contributed by atoms with Crippen molar-refractivity contribution >= 4 is 34.8 Å². The number of rotatable bonds is 5. The molecule has 1 atom stereocenters. The van der Waals surface area contributed by atoms with E-state index < -0.39 is 5.92 Å². The molecule has 0 radical (unpaired) electrons. The lowest BCUT2D eigenvalue weighted by molar-refractivity contribution is -0.118. The predicted octanol–water partition coefficient (Wildman–Crippen LogP) is 4.26. The Morgan fingerprint density at radius 3 is 2.75 bits per heavy atom. The van der Waals surface area contributed by atoms with Crippen LogP contribution >= 0.6 is 23.2 Å². The molecule has 162 valence electrons. The van der Waals surface area contributed by atoms with Gasteiger partial charge in [-0.1, -0.05) is 35.3 Å². The summed E-state index contributed by atoms with van der Waals surface area (Å²) in [5, 5.41) is 20.1. The van der Waals surface area contributed by atoms with E-state index in [1.807, 2.05) is 6.92 Å². The Balaban J connectivity index is 1.47. The lowest BCUT2D eigenvalue weighted by atomic mass is 9.84. The Morgan fingerprint density at radius 2 is 2.06 bits per heavy atom. The van der Waals surface area contributed by atoms with Gasteiger partial charge in [-0.2, -0.15) is 5.26 Å². The number of nitrogens with two attached hydrogens (primary N) is 1. The first kappa shape index (κ1) is 21.6. The standard InChI is InChI=1S/C22H17Cl2N5O3/c1-11-19-20(15(9-25)21(26)32-22(19)29-28-11)12-2-5-14(6-3-12)31-10-18(30)27-17-7-4-13(23)8-16(17)24/h2-8,20H,10,26H2,1H3,(H,27,30)(H,28,29). The molecule has 4 rings (SSSR count). The van der Waals surface area contributed by atoms with Crippen LogP contribution in [0, 0.1) is 18.3 Å². The number of nitrogens with zero attached hydrogens (tertiary/aromatic N) is 2. The smallest absolute Gasteiger partial charge is 0.262 e. The number of amides is 1. The van der Waals surface area contributed by atoms with Gasteiger partial charge >= 0.3 is 0 Å². The molecule has 2 heterocycles. The lowest BCUT2D eigenvalue weighted by Crippen LogP contribution is -2.21. The first-order valence-corrected chi connectivity index (χ1v) is 10.2. The highest BCUT2D eigenvalue weighted by Crippen LogP contribution is 2.42. The average Bonchev–Trinajstić information content (AvgIpc) is 3.13. The zero-order chi connectivity index (χ0) is 22.8. The van der Waals surface area contributed by atoms with E-state index in [4.69, 9.17) is 38.4 Å². The number of carbonyl (C=O) groups is 1. The van der Waals surface area contributed by atoms with E-state index in [1.165, 1.54) is 0 Å². The lowest BCUT2D eigenvalue weighted by Gasteiger charge is -2.23. The van der Waals surface area contributed by atoms with Crippen molar-refractivity contribution in [1.82, 2.24) is 10.2 Å². The van der Waals surface area contributed by atoms with Crippen LogP contribution in [0.25, 0.3) is 0 Å². The Bertz CT molecular complexity index is 1260. The number of aryl methyl sites for hydroxylation is 1. The highest BCUT2D eigenvalue weighted by atomic mass is 35.5. The average molecular weight is 470 g/mol. The van der Waals surface area contributed by atoms with Gasteiger partial charge in [0.05, 0.1) is 16.6 Å². The van der Waals surface area contributed by atoms with Gasteiger partial charge in [-0.3, -0.25) is 9.89 Å². The molecule has 4 N–H and O–H groups in total. The summed E-state index contributed by atoms with van der Waals surface area (Å²) in [6.07, 6.45) is 0. The monoisotopic (exact) mass is 469 g/mol. The molecule has 0 aliphatic carbocycles. The molecule has 0 spiro atoms. The van der Waals surface area contributed by atoms with Gasteiger partial charge in [0.15, 0.2) is 6.61 Å². The van der Waals surface area contributed by atoms with Crippen molar-refractivity contribution in [3.8, 4) is 17.7 Å². The largest absolute Gasteiger partial charge is 0.484 e. The van der Waals surface area contributed by atoms with Crippen LogP contribution in [0.15, 0.2) is 53.9 Å². The maximum absolute atomic E-state index is 12.2. The first-order chi connectivity index (χ1) is 15.4. The summed E-state index contributed by atoms with van der Waals surface area (Å²) in [5.41, 5.74) is 9.02. The quantitative estimate of drug-likeness (QED) is 0.512. The number of ether oxygens (including phenoxy) is 2. The van der Waals surface area contributed by atoms with Crippen molar-refractivity contribution < 1.29 is 14.3 Å². The molecular formula is C22H17Cl2N5O3. The van der Waals surface area contributed by atoms with Crippen LogP contribution in [0.1, 0.15) is 22.7 Å². The van der Waals surface area contributed by atoms with Gasteiger partial charge in [0.2, 0.25) is 11.8 Å². The molecule has 0 saturated heterocycles. The van der Waals surface area contributed by atoms with E-state index in [0.29, 0.717) is 32.9 Å². The number of benzene rings is 2. The van der Waals surface area contributed by atoms with Gasteiger partial charge in [-0.25, -0.2) is 0 Å². The molecule has 1 amide bonds. The van der Waals surface area contributed by atoms with Crippen LogP contribution in [0.5, 0.6) is 11.6 Å². The molecule has 1 unspecified atom stereocenters. The molecule has 8 nitrogen and oxygen atoms in total. The number of nitriles is 1. The molecule has 0 fully saturated rings. The van der Waals surface area contributed by atoms with Gasteiger partial charge in [-0.15, -0.1) is 5.10 Å². The second-order valence-corrected chi connectivity index (χ2v) is 7.87. The summed E-state index contributed by atoms with van der Waals surface area (Å²) in [7, 11) is 0. The second kappa shape index (κ2) is 8.83. The minimum absolute atomic E-state index is 0.0226. The summed E-state index contributed by atoms with van der Waals surface area (Å²) in [5.74, 6) is 0.0599. The number of nitrogens with one attached hydrogen (secondary N) is 2. The van der Waals surface area contributed by atoms with Crippen LogP contribution in [0.2, 0.25) is 10.0 Å². The highest BCUT2D eigenvalue weighted by molar-refractivity contribution is 6.36. The van der Waals surface area contributed by atoms with E-state index in [9.17, 15) is 10.1 Å². The number of allylic oxidation sites excluding steroid dienone is 1. The Morgan fingerprint density at radius 1 is 1.31 bits per heavy atom. The number of hydrogen-bond donors (Lipinski definition) is 3. The van der Waals surface area contributed by atoms with Gasteiger partial charge in [0.1, 0.15) is 17.4 Å². The summed E-state index contributed by atoms with van der Waals surface area (Å²) >= 11 is 11.9. The predicted molar refractivity (Wildman–Crippen MR) is 120 cm³/mol. The van der Waals surface area contributed by atoms with Crippen LogP contribution in [0.3, 0.4) is 0 Å². The molecule has 32 heavy (non-hydrogen) atoms. The van der Waals surface area contributed by atoms with E-state index in [-0.39, 0.29) is 18.4 Å². The van der Waals surface area contributed by atoms with Crippen molar-refractivity contribution in [2.24, 2.45) is 5.73 Å². The first-order valence-electron chi connectivity index (χ1n) is 9.47. The third-order valence-electron chi connectivity index (χ3n) is 4.92. The number of hydrogen-bond acceptors (Lipinski definition) is 6. The van der Waals surface area contributed by atoms with E-state index >= 15 is 0 Å². The minimum atomic E-state index is -0.424. The molecule has 3 aromatic rings. The maximum atomic E-state index is 12.2. The summed E-state index contributed by atoms with van der Waals surface area (Å²) < 4.78 is 11.0. The van der Waals surface area contributed by atoms with Crippen LogP contribution in [-0.2, 0) is 4.79 Å². The van der Waals surface area contributed by atoms with Crippen molar-refractivity contribution in [2.45, 2.75) is 12.8 Å². The van der Waals surface area contributed by atoms with E-state index in [0.717, 1.165) is 16.8 Å². The Labute approximate surface area is 193 Å². The zero-order valence-corrected chi connectivity index (χ0v) is 18.3. The molecule has 0 bridgehead atoms. The highest BCUT2D eigenvalue weighted by Gasteiger charge is 2.34. The second-order valence-electron chi connectivity index (χ2n) is 7.02. The number of anilines is 1. The fourth-order valence-corrected chi connectivity index (χ4v) is 3.87. The van der Waals surface area contributed by atoms with Crippen LogP contribution in [0.4, 0.5) is 5.69 Å². The molecule has 1 aliphatic rings. The van der Waals surface area contributed by atoms with E-state index in [1.54, 1.807) is 42.5 Å². The molecule has 10 heteroatoms. The molecule has 1 aromatic heterocycles. The van der Waals surface area contributed by atoms with Gasteiger partial charge in [0.25, 0.3) is 5.91 Å². The normalized spacial score (nSPS) is 14.9. The Kier molecular flexibility index (Phi) is 5.95. The van der Waals surface area contributed by atoms with Crippen molar-refractivity contribution in [2.75, 3.05) is 11.9 Å². The number of aromatic nitrogens is 2. The maximum Gasteiger partial charge on any atom is 0.262 e. The molecular weight excluding hydrogens is 453 g/mol. The fourth-order valence-electron chi connectivity index (χ4n) is 3.41. The zero-order valence-electron chi connectivity index (χ0n) is 16.8. The van der Waals surface area contributed by atoms with E-state index in [2.05, 4.69) is 21.6 Å². The molecule has 1 aliphatic heterocycles. The van der Waals surface area contributed by atoms with Crippen LogP contribution in [-0.4, -0.2) is 22.7 Å². The SMILES string of the molecule is Cc1[nH]nc2c1C(c1ccc(OCC(=O)Nc3ccc(Cl)cc3Cl)cc1)C(C#N)=C(N)O2. The summed E-state index contributed by atoms with van der Waals surface area (Å²) in [4.78, 5) is 12.2. The Hall–Kier alpha value is -3.67. The minimum Gasteiger partial charge on any atom is -0.484 e. The van der Waals surface area contributed by atoms with Crippen molar-refractivity contribution in [3.63, 3.8) is 0 Å². The fraction of sp³-hybridized carbons (Fsp3) is 0.136. The van der Waals surface area contributed by atoms with Crippen molar-refractivity contribution in [1.29, 1.82) is 5.26 Å².